The van der Waals surface area contributed by atoms with Crippen molar-refractivity contribution in [1.29, 1.82) is 0 Å². The Hall–Kier alpha value is -2.20. The van der Waals surface area contributed by atoms with Gasteiger partial charge in [0.15, 0.2) is 0 Å². The minimum Gasteiger partial charge on any atom is -0.386 e. The van der Waals surface area contributed by atoms with Gasteiger partial charge in [-0.15, -0.1) is 0 Å². The van der Waals surface area contributed by atoms with Gasteiger partial charge in [0.25, 0.3) is 0 Å². The van der Waals surface area contributed by atoms with Crippen LogP contribution < -0.4 is 5.32 Å². The quantitative estimate of drug-likeness (QED) is 0.824. The Kier molecular flexibility index (Phi) is 6.29. The maximum atomic E-state index is 13.5. The van der Waals surface area contributed by atoms with Crippen molar-refractivity contribution in [3.05, 3.63) is 71.0 Å². The van der Waals surface area contributed by atoms with Crippen LogP contribution in [-0.4, -0.2) is 17.6 Å². The van der Waals surface area contributed by atoms with Gasteiger partial charge >= 0.3 is 0 Å². The molecule has 3 nitrogen and oxygen atoms in total. The Morgan fingerprint density at radius 3 is 2.43 bits per heavy atom. The lowest BCUT2D eigenvalue weighted by Crippen LogP contribution is -2.28. The average molecular weight is 315 g/mol. The monoisotopic (exact) mass is 315 g/mol. The van der Waals surface area contributed by atoms with Gasteiger partial charge in [-0.2, -0.15) is 0 Å². The van der Waals surface area contributed by atoms with Gasteiger partial charge in [0.1, 0.15) is 5.82 Å². The van der Waals surface area contributed by atoms with Crippen LogP contribution >= 0.6 is 0 Å². The molecule has 0 radical (unpaired) electrons. The molecule has 1 atom stereocenters. The third-order valence-electron chi connectivity index (χ3n) is 3.83. The fraction of sp³-hybridized carbons (Fsp3) is 0.316. The Labute approximate surface area is 136 Å². The van der Waals surface area contributed by atoms with E-state index in [4.69, 9.17) is 0 Å². The van der Waals surface area contributed by atoms with Crippen molar-refractivity contribution in [1.82, 2.24) is 5.32 Å². The molecule has 0 spiro atoms. The van der Waals surface area contributed by atoms with Crippen molar-refractivity contribution in [2.24, 2.45) is 0 Å². The number of aliphatic hydroxyl groups is 1. The van der Waals surface area contributed by atoms with Crippen LogP contribution in [0.3, 0.4) is 0 Å². The zero-order chi connectivity index (χ0) is 16.7. The third kappa shape index (κ3) is 5.18. The van der Waals surface area contributed by atoms with E-state index in [9.17, 15) is 14.3 Å². The average Bonchev–Trinajstić information content (AvgIpc) is 2.58. The molecule has 2 aromatic carbocycles. The van der Waals surface area contributed by atoms with E-state index >= 15 is 0 Å². The van der Waals surface area contributed by atoms with Crippen LogP contribution in [0.4, 0.5) is 4.39 Å². The van der Waals surface area contributed by atoms with E-state index in [-0.39, 0.29) is 18.0 Å². The van der Waals surface area contributed by atoms with E-state index in [1.807, 2.05) is 12.1 Å². The summed E-state index contributed by atoms with van der Waals surface area (Å²) < 4.78 is 13.5. The molecule has 2 N–H and O–H groups in total. The van der Waals surface area contributed by atoms with Gasteiger partial charge in [-0.25, -0.2) is 4.39 Å². The number of amides is 1. The molecule has 4 heteroatoms. The SMILES string of the molecule is CCc1ccc(CCC(=O)NCC(O)c2ccccc2F)cc1. The molecular formula is C19H22FNO2. The molecule has 0 aliphatic rings. The first-order valence-electron chi connectivity index (χ1n) is 7.87. The minimum atomic E-state index is -1.04. The molecule has 1 unspecified atom stereocenters. The second kappa shape index (κ2) is 8.44. The molecule has 0 bridgehead atoms. The second-order valence-electron chi connectivity index (χ2n) is 5.51. The maximum Gasteiger partial charge on any atom is 0.220 e. The zero-order valence-electron chi connectivity index (χ0n) is 13.3. The first-order valence-corrected chi connectivity index (χ1v) is 7.87. The second-order valence-corrected chi connectivity index (χ2v) is 5.51. The summed E-state index contributed by atoms with van der Waals surface area (Å²) in [5.74, 6) is -0.620. The van der Waals surface area contributed by atoms with Crippen molar-refractivity contribution < 1.29 is 14.3 Å². The van der Waals surface area contributed by atoms with Gasteiger partial charge in [0.2, 0.25) is 5.91 Å². The number of aryl methyl sites for hydroxylation is 2. The fourth-order valence-electron chi connectivity index (χ4n) is 2.35. The van der Waals surface area contributed by atoms with E-state index in [0.29, 0.717) is 12.8 Å². The predicted molar refractivity (Wildman–Crippen MR) is 88.5 cm³/mol. The molecular weight excluding hydrogens is 293 g/mol. The fourth-order valence-corrected chi connectivity index (χ4v) is 2.35. The minimum absolute atomic E-state index is 0.00847. The molecule has 23 heavy (non-hydrogen) atoms. The summed E-state index contributed by atoms with van der Waals surface area (Å²) in [6, 6.07) is 14.2. The van der Waals surface area contributed by atoms with Gasteiger partial charge in [0, 0.05) is 18.5 Å². The molecule has 2 aromatic rings. The number of aliphatic hydroxyl groups excluding tert-OH is 1. The number of carbonyl (C=O) groups is 1. The van der Waals surface area contributed by atoms with Gasteiger partial charge < -0.3 is 10.4 Å². The standard InChI is InChI=1S/C19H22FNO2/c1-2-14-7-9-15(10-8-14)11-12-19(23)21-13-18(22)16-5-3-4-6-17(16)20/h3-10,18,22H,2,11-13H2,1H3,(H,21,23). The number of nitrogens with one attached hydrogen (secondary N) is 1. The van der Waals surface area contributed by atoms with E-state index in [0.717, 1.165) is 12.0 Å². The summed E-state index contributed by atoms with van der Waals surface area (Å²) in [6.07, 6.45) is 0.944. The van der Waals surface area contributed by atoms with Gasteiger partial charge in [-0.1, -0.05) is 49.4 Å². The van der Waals surface area contributed by atoms with Crippen LogP contribution in [-0.2, 0) is 17.6 Å². The summed E-state index contributed by atoms with van der Waals surface area (Å²) in [7, 11) is 0. The molecule has 1 amide bonds. The summed E-state index contributed by atoms with van der Waals surface area (Å²) in [5.41, 5.74) is 2.57. The number of carbonyl (C=O) groups excluding carboxylic acids is 1. The molecule has 122 valence electrons. The van der Waals surface area contributed by atoms with Crippen molar-refractivity contribution in [2.75, 3.05) is 6.54 Å². The molecule has 2 rings (SSSR count). The number of benzene rings is 2. The van der Waals surface area contributed by atoms with Crippen molar-refractivity contribution in [2.45, 2.75) is 32.3 Å². The highest BCUT2D eigenvalue weighted by Crippen LogP contribution is 2.15. The number of hydrogen-bond acceptors (Lipinski definition) is 2. The molecule has 0 saturated carbocycles. The predicted octanol–water partition coefficient (Wildman–Crippen LogP) is 3.17. The summed E-state index contributed by atoms with van der Waals surface area (Å²) in [6.45, 7) is 2.11. The van der Waals surface area contributed by atoms with Crippen LogP contribution in [0.5, 0.6) is 0 Å². The lowest BCUT2D eigenvalue weighted by molar-refractivity contribution is -0.121. The van der Waals surface area contributed by atoms with Gasteiger partial charge in [-0.3, -0.25) is 4.79 Å². The largest absolute Gasteiger partial charge is 0.386 e. The third-order valence-corrected chi connectivity index (χ3v) is 3.83. The van der Waals surface area contributed by atoms with Crippen LogP contribution in [0.15, 0.2) is 48.5 Å². The number of halogens is 1. The maximum absolute atomic E-state index is 13.5. The smallest absolute Gasteiger partial charge is 0.220 e. The lowest BCUT2D eigenvalue weighted by Gasteiger charge is -2.13. The Morgan fingerprint density at radius 1 is 1.13 bits per heavy atom. The normalized spacial score (nSPS) is 12.0. The molecule has 0 saturated heterocycles. The Balaban J connectivity index is 1.77. The molecule has 0 heterocycles. The summed E-state index contributed by atoms with van der Waals surface area (Å²) in [5, 5.41) is 12.6. The molecule has 0 aliphatic heterocycles. The first kappa shape index (κ1) is 17.2. The van der Waals surface area contributed by atoms with Gasteiger partial charge in [0.05, 0.1) is 6.10 Å². The zero-order valence-corrected chi connectivity index (χ0v) is 13.3. The molecule has 0 fully saturated rings. The van der Waals surface area contributed by atoms with Crippen LogP contribution in [0, 0.1) is 5.82 Å². The van der Waals surface area contributed by atoms with Crippen molar-refractivity contribution >= 4 is 5.91 Å². The summed E-state index contributed by atoms with van der Waals surface area (Å²) in [4.78, 5) is 11.8. The molecule has 0 aromatic heterocycles. The van der Waals surface area contributed by atoms with E-state index in [2.05, 4.69) is 24.4 Å². The van der Waals surface area contributed by atoms with Crippen LogP contribution in [0.2, 0.25) is 0 Å². The highest BCUT2D eigenvalue weighted by molar-refractivity contribution is 5.76. The van der Waals surface area contributed by atoms with Crippen LogP contribution in [0.25, 0.3) is 0 Å². The highest BCUT2D eigenvalue weighted by atomic mass is 19.1. The number of rotatable bonds is 7. The van der Waals surface area contributed by atoms with Gasteiger partial charge in [-0.05, 0) is 30.0 Å². The lowest BCUT2D eigenvalue weighted by atomic mass is 10.1. The molecule has 0 aliphatic carbocycles. The summed E-state index contributed by atoms with van der Waals surface area (Å²) >= 11 is 0. The Morgan fingerprint density at radius 2 is 1.78 bits per heavy atom. The first-order chi connectivity index (χ1) is 11.1. The van der Waals surface area contributed by atoms with E-state index in [1.54, 1.807) is 12.1 Å². The van der Waals surface area contributed by atoms with E-state index in [1.165, 1.54) is 17.7 Å². The Bertz CT molecular complexity index is 640. The topological polar surface area (TPSA) is 49.3 Å². The van der Waals surface area contributed by atoms with Crippen LogP contribution in [0.1, 0.15) is 36.1 Å². The number of hydrogen-bond donors (Lipinski definition) is 2. The van der Waals surface area contributed by atoms with E-state index < -0.39 is 11.9 Å². The highest BCUT2D eigenvalue weighted by Gasteiger charge is 2.13. The van der Waals surface area contributed by atoms with Crippen molar-refractivity contribution in [3.63, 3.8) is 0 Å². The van der Waals surface area contributed by atoms with Crippen molar-refractivity contribution in [3.8, 4) is 0 Å².